The van der Waals surface area contributed by atoms with Crippen LogP contribution in [0.1, 0.15) is 12.5 Å². The largest absolute Gasteiger partial charge is 0.446 e. The van der Waals surface area contributed by atoms with Crippen molar-refractivity contribution in [3.63, 3.8) is 0 Å². The van der Waals surface area contributed by atoms with Gasteiger partial charge in [-0.15, -0.1) is 10.2 Å². The standard InChI is InChI=1S/C17H16BrClN4O2S/c1-3-23-16(13-6-7-14(18)25-13)21-22-17(23)26-9-15(24)20-12-8-11(19)5-4-10(12)2/h4-8H,3,9H2,1-2H3,(H,20,24). The molecule has 0 saturated heterocycles. The summed E-state index contributed by atoms with van der Waals surface area (Å²) in [6.07, 6.45) is 0. The van der Waals surface area contributed by atoms with Gasteiger partial charge in [-0.1, -0.05) is 29.4 Å². The van der Waals surface area contributed by atoms with Crippen LogP contribution < -0.4 is 5.32 Å². The van der Waals surface area contributed by atoms with Crippen molar-refractivity contribution < 1.29 is 9.21 Å². The summed E-state index contributed by atoms with van der Waals surface area (Å²) in [5.41, 5.74) is 1.66. The molecule has 0 atom stereocenters. The van der Waals surface area contributed by atoms with Crippen LogP contribution in [0.15, 0.2) is 44.6 Å². The van der Waals surface area contributed by atoms with Crippen LogP contribution in [0.2, 0.25) is 5.02 Å². The summed E-state index contributed by atoms with van der Waals surface area (Å²) in [5, 5.41) is 12.5. The predicted molar refractivity (Wildman–Crippen MR) is 107 cm³/mol. The number of carbonyl (C=O) groups excluding carboxylic acids is 1. The highest BCUT2D eigenvalue weighted by atomic mass is 79.9. The topological polar surface area (TPSA) is 73.0 Å². The number of nitrogens with zero attached hydrogens (tertiary/aromatic N) is 3. The van der Waals surface area contributed by atoms with Crippen LogP contribution in [-0.2, 0) is 11.3 Å². The van der Waals surface area contributed by atoms with E-state index in [0.29, 0.717) is 38.7 Å². The molecule has 3 aromatic rings. The Morgan fingerprint density at radius 1 is 1.35 bits per heavy atom. The zero-order valence-corrected chi connectivity index (χ0v) is 17.3. The van der Waals surface area contributed by atoms with E-state index in [2.05, 4.69) is 31.4 Å². The smallest absolute Gasteiger partial charge is 0.234 e. The SMILES string of the molecule is CCn1c(SCC(=O)Nc2cc(Cl)ccc2C)nnc1-c1ccc(Br)o1. The number of halogens is 2. The maximum atomic E-state index is 12.3. The summed E-state index contributed by atoms with van der Waals surface area (Å²) < 4.78 is 8.09. The van der Waals surface area contributed by atoms with Crippen molar-refractivity contribution in [1.29, 1.82) is 0 Å². The van der Waals surface area contributed by atoms with E-state index >= 15 is 0 Å². The molecule has 3 rings (SSSR count). The summed E-state index contributed by atoms with van der Waals surface area (Å²) >= 11 is 10.6. The lowest BCUT2D eigenvalue weighted by Crippen LogP contribution is -2.15. The molecular weight excluding hydrogens is 440 g/mol. The minimum atomic E-state index is -0.131. The van der Waals surface area contributed by atoms with E-state index in [1.807, 2.05) is 30.5 Å². The summed E-state index contributed by atoms with van der Waals surface area (Å²) in [6.45, 7) is 4.57. The number of carbonyl (C=O) groups is 1. The molecule has 1 aromatic carbocycles. The number of aryl methyl sites for hydroxylation is 1. The van der Waals surface area contributed by atoms with Gasteiger partial charge in [0.1, 0.15) is 0 Å². The van der Waals surface area contributed by atoms with E-state index in [0.717, 1.165) is 5.56 Å². The van der Waals surface area contributed by atoms with Gasteiger partial charge in [-0.2, -0.15) is 0 Å². The van der Waals surface area contributed by atoms with Gasteiger partial charge in [0.15, 0.2) is 15.6 Å². The Kier molecular flexibility index (Phi) is 6.05. The number of rotatable bonds is 6. The molecular formula is C17H16BrClN4O2S. The first kappa shape index (κ1) is 19.0. The van der Waals surface area contributed by atoms with Gasteiger partial charge in [-0.3, -0.25) is 9.36 Å². The maximum absolute atomic E-state index is 12.3. The lowest BCUT2D eigenvalue weighted by molar-refractivity contribution is -0.113. The van der Waals surface area contributed by atoms with Gasteiger partial charge in [0, 0.05) is 17.3 Å². The molecule has 6 nitrogen and oxygen atoms in total. The number of hydrogen-bond acceptors (Lipinski definition) is 5. The first-order valence-corrected chi connectivity index (χ1v) is 10.0. The third-order valence-corrected chi connectivity index (χ3v) is 5.26. The monoisotopic (exact) mass is 454 g/mol. The molecule has 1 N–H and O–H groups in total. The zero-order valence-electron chi connectivity index (χ0n) is 14.1. The summed E-state index contributed by atoms with van der Waals surface area (Å²) in [7, 11) is 0. The third kappa shape index (κ3) is 4.31. The molecule has 0 unspecified atom stereocenters. The van der Waals surface area contributed by atoms with Gasteiger partial charge < -0.3 is 9.73 Å². The second-order valence-electron chi connectivity index (χ2n) is 5.45. The van der Waals surface area contributed by atoms with E-state index in [9.17, 15) is 4.79 Å². The molecule has 0 aliphatic carbocycles. The molecule has 9 heteroatoms. The number of anilines is 1. The zero-order chi connectivity index (χ0) is 18.7. The second kappa shape index (κ2) is 8.28. The highest BCUT2D eigenvalue weighted by molar-refractivity contribution is 9.10. The van der Waals surface area contributed by atoms with Crippen LogP contribution in [0, 0.1) is 6.92 Å². The van der Waals surface area contributed by atoms with Crippen LogP contribution >= 0.6 is 39.3 Å². The fraction of sp³-hybridized carbons (Fsp3) is 0.235. The third-order valence-electron chi connectivity index (χ3n) is 3.63. The summed E-state index contributed by atoms with van der Waals surface area (Å²) in [5.74, 6) is 1.34. The van der Waals surface area contributed by atoms with Crippen LogP contribution in [0.4, 0.5) is 5.69 Å². The Balaban J connectivity index is 1.69. The van der Waals surface area contributed by atoms with Gasteiger partial charge in [-0.25, -0.2) is 0 Å². The van der Waals surface area contributed by atoms with E-state index in [1.54, 1.807) is 18.2 Å². The van der Waals surface area contributed by atoms with Gasteiger partial charge in [-0.05, 0) is 59.6 Å². The van der Waals surface area contributed by atoms with Crippen molar-refractivity contribution in [1.82, 2.24) is 14.8 Å². The maximum Gasteiger partial charge on any atom is 0.234 e. The van der Waals surface area contributed by atoms with Crippen LogP contribution in [-0.4, -0.2) is 26.4 Å². The quantitative estimate of drug-likeness (QED) is 0.529. The molecule has 2 heterocycles. The molecule has 0 fully saturated rings. The normalized spacial score (nSPS) is 10.9. The highest BCUT2D eigenvalue weighted by Gasteiger charge is 2.17. The fourth-order valence-corrected chi connectivity index (χ4v) is 3.62. The van der Waals surface area contributed by atoms with Crippen molar-refractivity contribution in [3.05, 3.63) is 45.6 Å². The average Bonchev–Trinajstić information content (AvgIpc) is 3.21. The van der Waals surface area contributed by atoms with Crippen molar-refractivity contribution in [3.8, 4) is 11.6 Å². The number of benzene rings is 1. The van der Waals surface area contributed by atoms with Crippen LogP contribution in [0.25, 0.3) is 11.6 Å². The Bertz CT molecular complexity index is 941. The molecule has 0 radical (unpaired) electrons. The number of furan rings is 1. The van der Waals surface area contributed by atoms with E-state index < -0.39 is 0 Å². The molecule has 0 saturated carbocycles. The average molecular weight is 456 g/mol. The number of aromatic nitrogens is 3. The first-order chi connectivity index (χ1) is 12.5. The number of thioether (sulfide) groups is 1. The molecule has 0 aliphatic rings. The number of hydrogen-bond donors (Lipinski definition) is 1. The van der Waals surface area contributed by atoms with Crippen molar-refractivity contribution in [2.24, 2.45) is 0 Å². The first-order valence-electron chi connectivity index (χ1n) is 7.85. The minimum absolute atomic E-state index is 0.131. The van der Waals surface area contributed by atoms with Gasteiger partial charge in [0.25, 0.3) is 0 Å². The van der Waals surface area contributed by atoms with E-state index in [1.165, 1.54) is 11.8 Å². The molecule has 26 heavy (non-hydrogen) atoms. The molecule has 0 spiro atoms. The Labute approximate surface area is 168 Å². The van der Waals surface area contributed by atoms with Gasteiger partial charge >= 0.3 is 0 Å². The van der Waals surface area contributed by atoms with E-state index in [4.69, 9.17) is 16.0 Å². The predicted octanol–water partition coefficient (Wildman–Crippen LogP) is 5.01. The van der Waals surface area contributed by atoms with Gasteiger partial charge in [0.05, 0.1) is 5.75 Å². The Morgan fingerprint density at radius 2 is 2.15 bits per heavy atom. The summed E-state index contributed by atoms with van der Waals surface area (Å²) in [4.78, 5) is 12.3. The van der Waals surface area contributed by atoms with Crippen LogP contribution in [0.5, 0.6) is 0 Å². The highest BCUT2D eigenvalue weighted by Crippen LogP contribution is 2.27. The van der Waals surface area contributed by atoms with E-state index in [-0.39, 0.29) is 11.7 Å². The lowest BCUT2D eigenvalue weighted by atomic mass is 10.2. The van der Waals surface area contributed by atoms with Crippen molar-refractivity contribution in [2.75, 3.05) is 11.1 Å². The number of nitrogens with one attached hydrogen (secondary N) is 1. The van der Waals surface area contributed by atoms with Crippen LogP contribution in [0.3, 0.4) is 0 Å². The molecule has 0 bridgehead atoms. The van der Waals surface area contributed by atoms with Gasteiger partial charge in [0.2, 0.25) is 11.7 Å². The second-order valence-corrected chi connectivity index (χ2v) is 7.61. The lowest BCUT2D eigenvalue weighted by Gasteiger charge is -2.09. The molecule has 0 aliphatic heterocycles. The molecule has 136 valence electrons. The fourth-order valence-electron chi connectivity index (χ4n) is 2.34. The Morgan fingerprint density at radius 3 is 2.85 bits per heavy atom. The number of amides is 1. The summed E-state index contributed by atoms with van der Waals surface area (Å²) in [6, 6.07) is 9.02. The minimum Gasteiger partial charge on any atom is -0.446 e. The Hall–Kier alpha value is -1.77. The van der Waals surface area contributed by atoms with Crippen molar-refractivity contribution in [2.45, 2.75) is 25.5 Å². The molecule has 1 amide bonds. The van der Waals surface area contributed by atoms with Crippen molar-refractivity contribution >= 4 is 50.9 Å². The molecule has 2 aromatic heterocycles.